The van der Waals surface area contributed by atoms with Crippen molar-refractivity contribution in [2.75, 3.05) is 13.7 Å². The quantitative estimate of drug-likeness (QED) is 0.577. The van der Waals surface area contributed by atoms with Crippen LogP contribution in [0.25, 0.3) is 0 Å². The van der Waals surface area contributed by atoms with Gasteiger partial charge in [0.15, 0.2) is 0 Å². The molecule has 0 aromatic heterocycles. The first-order valence-electron chi connectivity index (χ1n) is 6.60. The molecule has 0 saturated heterocycles. The Hall–Kier alpha value is -1.84. The average Bonchev–Trinajstić information content (AvgIpc) is 2.44. The highest BCUT2D eigenvalue weighted by Crippen LogP contribution is 2.01. The van der Waals surface area contributed by atoms with Gasteiger partial charge in [-0.15, -0.1) is 0 Å². The van der Waals surface area contributed by atoms with Gasteiger partial charge in [0.05, 0.1) is 7.11 Å². The monoisotopic (exact) mass is 263 g/mol. The predicted octanol–water partition coefficient (Wildman–Crippen LogP) is 2.08. The summed E-state index contributed by atoms with van der Waals surface area (Å²) in [5.74, 6) is -0.176. The van der Waals surface area contributed by atoms with E-state index in [-0.39, 0.29) is 11.9 Å². The van der Waals surface area contributed by atoms with Gasteiger partial charge in [-0.05, 0) is 24.8 Å². The summed E-state index contributed by atoms with van der Waals surface area (Å²) in [7, 11) is 1.37. The third kappa shape index (κ3) is 7.24. The fourth-order valence-electron chi connectivity index (χ4n) is 1.74. The molecule has 19 heavy (non-hydrogen) atoms. The van der Waals surface area contributed by atoms with Crippen LogP contribution in [-0.4, -0.2) is 25.5 Å². The van der Waals surface area contributed by atoms with Crippen LogP contribution < -0.4 is 5.32 Å². The molecule has 0 saturated carbocycles. The second kappa shape index (κ2) is 9.14. The Bertz CT molecular complexity index is 390. The highest BCUT2D eigenvalue weighted by molar-refractivity contribution is 5.76. The standard InChI is InChI=1S/C15H21NO3/c1-19-15(18)10-6-5-9-14(17)16-12-11-13-7-3-2-4-8-13/h2-4,7-8H,5-6,9-12H2,1H3,(H,16,17). The fraction of sp³-hybridized carbons (Fsp3) is 0.467. The second-order valence-electron chi connectivity index (χ2n) is 4.37. The van der Waals surface area contributed by atoms with E-state index in [1.54, 1.807) is 0 Å². The van der Waals surface area contributed by atoms with Crippen LogP contribution in [0.5, 0.6) is 0 Å². The Labute approximate surface area is 114 Å². The maximum absolute atomic E-state index is 11.5. The molecule has 4 heteroatoms. The van der Waals surface area contributed by atoms with Crippen LogP contribution in [0.1, 0.15) is 31.2 Å². The number of hydrogen-bond donors (Lipinski definition) is 1. The third-order valence-electron chi connectivity index (χ3n) is 2.84. The van der Waals surface area contributed by atoms with E-state index < -0.39 is 0 Å². The average molecular weight is 263 g/mol. The predicted molar refractivity (Wildman–Crippen MR) is 73.6 cm³/mol. The minimum Gasteiger partial charge on any atom is -0.469 e. The molecule has 0 radical (unpaired) electrons. The van der Waals surface area contributed by atoms with Crippen molar-refractivity contribution in [2.45, 2.75) is 32.1 Å². The lowest BCUT2D eigenvalue weighted by atomic mass is 10.1. The maximum atomic E-state index is 11.5. The Kier molecular flexibility index (Phi) is 7.32. The van der Waals surface area contributed by atoms with Crippen molar-refractivity contribution >= 4 is 11.9 Å². The fourth-order valence-corrected chi connectivity index (χ4v) is 1.74. The number of carbonyl (C=O) groups excluding carboxylic acids is 2. The van der Waals surface area contributed by atoms with E-state index in [1.165, 1.54) is 12.7 Å². The summed E-state index contributed by atoms with van der Waals surface area (Å²) in [5, 5.41) is 2.88. The molecule has 4 nitrogen and oxygen atoms in total. The van der Waals surface area contributed by atoms with E-state index >= 15 is 0 Å². The lowest BCUT2D eigenvalue weighted by molar-refractivity contribution is -0.140. The van der Waals surface area contributed by atoms with Crippen molar-refractivity contribution in [1.29, 1.82) is 0 Å². The number of amides is 1. The molecule has 0 bridgehead atoms. The van der Waals surface area contributed by atoms with Crippen molar-refractivity contribution in [2.24, 2.45) is 0 Å². The number of unbranched alkanes of at least 4 members (excludes halogenated alkanes) is 1. The largest absolute Gasteiger partial charge is 0.469 e. The molecule has 0 aliphatic heterocycles. The van der Waals surface area contributed by atoms with Crippen molar-refractivity contribution < 1.29 is 14.3 Å². The smallest absolute Gasteiger partial charge is 0.305 e. The van der Waals surface area contributed by atoms with Crippen LogP contribution in [0.15, 0.2) is 30.3 Å². The van der Waals surface area contributed by atoms with Crippen LogP contribution in [-0.2, 0) is 20.7 Å². The minimum absolute atomic E-state index is 0.0424. The summed E-state index contributed by atoms with van der Waals surface area (Å²) < 4.78 is 4.53. The number of esters is 1. The summed E-state index contributed by atoms with van der Waals surface area (Å²) >= 11 is 0. The zero-order valence-electron chi connectivity index (χ0n) is 11.4. The van der Waals surface area contributed by atoms with E-state index in [2.05, 4.69) is 10.1 Å². The highest BCUT2D eigenvalue weighted by atomic mass is 16.5. The molecule has 1 aromatic carbocycles. The minimum atomic E-state index is -0.218. The highest BCUT2D eigenvalue weighted by Gasteiger charge is 2.03. The maximum Gasteiger partial charge on any atom is 0.305 e. The Morgan fingerprint density at radius 1 is 1.11 bits per heavy atom. The van der Waals surface area contributed by atoms with E-state index in [0.29, 0.717) is 32.2 Å². The summed E-state index contributed by atoms with van der Waals surface area (Å²) in [5.41, 5.74) is 1.22. The van der Waals surface area contributed by atoms with E-state index in [4.69, 9.17) is 0 Å². The molecule has 104 valence electrons. The van der Waals surface area contributed by atoms with Gasteiger partial charge in [-0.1, -0.05) is 30.3 Å². The molecule has 0 aliphatic carbocycles. The topological polar surface area (TPSA) is 55.4 Å². The molecule has 0 aliphatic rings. The number of nitrogens with one attached hydrogen (secondary N) is 1. The molecule has 1 amide bonds. The zero-order valence-corrected chi connectivity index (χ0v) is 11.4. The molecule has 1 aromatic rings. The van der Waals surface area contributed by atoms with Gasteiger partial charge < -0.3 is 10.1 Å². The normalized spacial score (nSPS) is 9.95. The molecule has 0 atom stereocenters. The zero-order chi connectivity index (χ0) is 13.9. The molecule has 1 rings (SSSR count). The number of carbonyl (C=O) groups is 2. The second-order valence-corrected chi connectivity index (χ2v) is 4.37. The lowest BCUT2D eigenvalue weighted by Crippen LogP contribution is -2.25. The summed E-state index contributed by atoms with van der Waals surface area (Å²) in [6, 6.07) is 10.0. The first-order valence-corrected chi connectivity index (χ1v) is 6.60. The Morgan fingerprint density at radius 2 is 1.79 bits per heavy atom. The molecule has 0 heterocycles. The van der Waals surface area contributed by atoms with Crippen LogP contribution in [0.2, 0.25) is 0 Å². The van der Waals surface area contributed by atoms with E-state index in [0.717, 1.165) is 6.42 Å². The van der Waals surface area contributed by atoms with Crippen molar-refractivity contribution in [3.63, 3.8) is 0 Å². The van der Waals surface area contributed by atoms with Gasteiger partial charge in [0.1, 0.15) is 0 Å². The van der Waals surface area contributed by atoms with Gasteiger partial charge in [-0.3, -0.25) is 9.59 Å². The number of methoxy groups -OCH3 is 1. The van der Waals surface area contributed by atoms with Gasteiger partial charge in [-0.25, -0.2) is 0 Å². The van der Waals surface area contributed by atoms with Crippen LogP contribution in [0.4, 0.5) is 0 Å². The number of benzene rings is 1. The third-order valence-corrected chi connectivity index (χ3v) is 2.84. The SMILES string of the molecule is COC(=O)CCCCC(=O)NCCc1ccccc1. The van der Waals surface area contributed by atoms with Gasteiger partial charge in [-0.2, -0.15) is 0 Å². The molecule has 0 spiro atoms. The summed E-state index contributed by atoms with van der Waals surface area (Å²) in [6.07, 6.45) is 3.10. The molecule has 0 unspecified atom stereocenters. The van der Waals surface area contributed by atoms with Gasteiger partial charge >= 0.3 is 5.97 Å². The van der Waals surface area contributed by atoms with Gasteiger partial charge in [0, 0.05) is 19.4 Å². The first kappa shape index (κ1) is 15.2. The van der Waals surface area contributed by atoms with Crippen molar-refractivity contribution in [3.8, 4) is 0 Å². The molecule has 0 fully saturated rings. The van der Waals surface area contributed by atoms with Gasteiger partial charge in [0.2, 0.25) is 5.91 Å². The molecular weight excluding hydrogens is 242 g/mol. The van der Waals surface area contributed by atoms with Crippen LogP contribution in [0.3, 0.4) is 0 Å². The summed E-state index contributed by atoms with van der Waals surface area (Å²) in [4.78, 5) is 22.4. The first-order chi connectivity index (χ1) is 9.22. The van der Waals surface area contributed by atoms with E-state index in [1.807, 2.05) is 30.3 Å². The van der Waals surface area contributed by atoms with Crippen molar-refractivity contribution in [3.05, 3.63) is 35.9 Å². The number of hydrogen-bond acceptors (Lipinski definition) is 3. The number of rotatable bonds is 8. The van der Waals surface area contributed by atoms with Crippen LogP contribution in [0, 0.1) is 0 Å². The van der Waals surface area contributed by atoms with Crippen molar-refractivity contribution in [1.82, 2.24) is 5.32 Å². The molecule has 1 N–H and O–H groups in total. The Balaban J connectivity index is 2.04. The Morgan fingerprint density at radius 3 is 2.47 bits per heavy atom. The molecular formula is C15H21NO3. The van der Waals surface area contributed by atoms with Crippen LogP contribution >= 0.6 is 0 Å². The van der Waals surface area contributed by atoms with Gasteiger partial charge in [0.25, 0.3) is 0 Å². The number of ether oxygens (including phenoxy) is 1. The van der Waals surface area contributed by atoms with E-state index in [9.17, 15) is 9.59 Å². The summed E-state index contributed by atoms with van der Waals surface area (Å²) in [6.45, 7) is 0.653. The lowest BCUT2D eigenvalue weighted by Gasteiger charge is -2.05.